The smallest absolute Gasteiger partial charge is 0.247 e. The fraction of sp³-hybridized carbons (Fsp3) is 0.391. The molecule has 0 radical (unpaired) electrons. The van der Waals surface area contributed by atoms with Gasteiger partial charge in [0.2, 0.25) is 11.8 Å². The second-order valence-electron chi connectivity index (χ2n) is 7.55. The summed E-state index contributed by atoms with van der Waals surface area (Å²) < 4.78 is 0.839. The average molecular weight is 512 g/mol. The van der Waals surface area contributed by atoms with Crippen LogP contribution in [-0.2, 0) is 16.1 Å². The van der Waals surface area contributed by atoms with Crippen LogP contribution in [0.1, 0.15) is 49.3 Å². The van der Waals surface area contributed by atoms with Crippen molar-refractivity contribution in [2.24, 2.45) is 0 Å². The van der Waals surface area contributed by atoms with Crippen molar-refractivity contribution in [3.05, 3.63) is 69.2 Å². The van der Waals surface area contributed by atoms with Crippen LogP contribution in [0.3, 0.4) is 0 Å². The molecule has 2 aromatic carbocycles. The lowest BCUT2D eigenvalue weighted by molar-refractivity contribution is -0.140. The molecule has 0 bridgehead atoms. The van der Waals surface area contributed by atoms with Gasteiger partial charge in [-0.25, -0.2) is 0 Å². The molecule has 0 unspecified atom stereocenters. The van der Waals surface area contributed by atoms with E-state index >= 15 is 0 Å². The fourth-order valence-electron chi connectivity index (χ4n) is 3.89. The molecule has 1 aliphatic rings. The van der Waals surface area contributed by atoms with E-state index in [1.165, 1.54) is 11.3 Å². The Morgan fingerprint density at radius 3 is 2.50 bits per heavy atom. The van der Waals surface area contributed by atoms with Crippen LogP contribution in [0.5, 0.6) is 0 Å². The Balaban J connectivity index is 1.96. The largest absolute Gasteiger partial charge is 0.351 e. The zero-order valence-electron chi connectivity index (χ0n) is 16.6. The van der Waals surface area contributed by atoms with Gasteiger partial charge in [-0.3, -0.25) is 9.59 Å². The minimum absolute atomic E-state index is 0.133. The number of hydrogen-bond donors (Lipinski definition) is 1. The molecule has 1 fully saturated rings. The molecule has 1 saturated carbocycles. The van der Waals surface area contributed by atoms with Gasteiger partial charge >= 0.3 is 0 Å². The van der Waals surface area contributed by atoms with Crippen molar-refractivity contribution >= 4 is 50.9 Å². The summed E-state index contributed by atoms with van der Waals surface area (Å²) in [6.45, 7) is 0.195. The summed E-state index contributed by atoms with van der Waals surface area (Å²) in [6, 6.07) is 14.1. The Morgan fingerprint density at radius 2 is 1.83 bits per heavy atom. The highest BCUT2D eigenvalue weighted by Gasteiger charge is 2.33. The summed E-state index contributed by atoms with van der Waals surface area (Å²) in [4.78, 5) is 27.9. The molecule has 3 rings (SSSR count). The lowest BCUT2D eigenvalue weighted by atomic mass is 9.94. The number of carbonyl (C=O) groups is 2. The maximum absolute atomic E-state index is 13.5. The van der Waals surface area contributed by atoms with Gasteiger partial charge in [0.25, 0.3) is 0 Å². The Hall–Kier alpha value is -1.56. The molecule has 0 aliphatic heterocycles. The van der Waals surface area contributed by atoms with E-state index in [4.69, 9.17) is 23.2 Å². The molecule has 1 N–H and O–H groups in total. The summed E-state index contributed by atoms with van der Waals surface area (Å²) in [5.74, 6) is -0.725. The van der Waals surface area contributed by atoms with Crippen LogP contribution in [0, 0.1) is 0 Å². The number of benzene rings is 2. The molecule has 160 valence electrons. The first-order valence-electron chi connectivity index (χ1n) is 10.1. The average Bonchev–Trinajstić information content (AvgIpc) is 2.75. The fourth-order valence-corrected chi connectivity index (χ4v) is 4.65. The zero-order chi connectivity index (χ0) is 21.5. The SMILES string of the molecule is O=C(NC1CCCCC1)[C@@H](c1cccc(Br)c1)N(Cc1ccccc1Cl)C(=O)CCl. The second-order valence-corrected chi connectivity index (χ2v) is 9.14. The van der Waals surface area contributed by atoms with E-state index < -0.39 is 6.04 Å². The van der Waals surface area contributed by atoms with E-state index in [9.17, 15) is 9.59 Å². The quantitative estimate of drug-likeness (QED) is 0.473. The van der Waals surface area contributed by atoms with Crippen molar-refractivity contribution < 1.29 is 9.59 Å². The van der Waals surface area contributed by atoms with Gasteiger partial charge in [0, 0.05) is 22.1 Å². The number of hydrogen-bond acceptors (Lipinski definition) is 2. The number of nitrogens with one attached hydrogen (secondary N) is 1. The molecule has 2 aromatic rings. The van der Waals surface area contributed by atoms with Crippen molar-refractivity contribution in [3.8, 4) is 0 Å². The first kappa shape index (κ1) is 23.1. The highest BCUT2D eigenvalue weighted by molar-refractivity contribution is 9.10. The molecular formula is C23H25BrCl2N2O2. The Kier molecular flexibility index (Phi) is 8.61. The standard InChI is InChI=1S/C23H25BrCl2N2O2/c24-18-9-6-8-16(13-18)22(23(30)27-19-10-2-1-3-11-19)28(21(29)14-25)15-17-7-4-5-12-20(17)26/h4-9,12-13,19,22H,1-3,10-11,14-15H2,(H,27,30)/t22-/m1/s1. The molecule has 2 amide bonds. The summed E-state index contributed by atoms with van der Waals surface area (Å²) >= 11 is 15.8. The predicted octanol–water partition coefficient (Wildman–Crippen LogP) is 5.86. The molecule has 30 heavy (non-hydrogen) atoms. The third kappa shape index (κ3) is 5.99. The molecular weight excluding hydrogens is 487 g/mol. The lowest BCUT2D eigenvalue weighted by Gasteiger charge is -2.33. The highest BCUT2D eigenvalue weighted by atomic mass is 79.9. The van der Waals surface area contributed by atoms with Gasteiger partial charge in [0.05, 0.1) is 0 Å². The molecule has 7 heteroatoms. The number of nitrogens with zero attached hydrogens (tertiary/aromatic N) is 1. The van der Waals surface area contributed by atoms with Gasteiger partial charge < -0.3 is 10.2 Å². The number of rotatable bonds is 7. The summed E-state index contributed by atoms with van der Waals surface area (Å²) in [5, 5.41) is 3.72. The number of halogens is 3. The molecule has 0 aromatic heterocycles. The maximum Gasteiger partial charge on any atom is 0.247 e. The van der Waals surface area contributed by atoms with Crippen LogP contribution in [0.4, 0.5) is 0 Å². The topological polar surface area (TPSA) is 49.4 Å². The maximum atomic E-state index is 13.5. The van der Waals surface area contributed by atoms with Crippen molar-refractivity contribution in [2.45, 2.75) is 50.7 Å². The Morgan fingerprint density at radius 1 is 1.10 bits per heavy atom. The number of carbonyl (C=O) groups excluding carboxylic acids is 2. The molecule has 0 heterocycles. The van der Waals surface area contributed by atoms with Crippen molar-refractivity contribution in [3.63, 3.8) is 0 Å². The summed E-state index contributed by atoms with van der Waals surface area (Å²) in [7, 11) is 0. The van der Waals surface area contributed by atoms with Crippen LogP contribution >= 0.6 is 39.1 Å². The first-order chi connectivity index (χ1) is 14.5. The minimum Gasteiger partial charge on any atom is -0.351 e. The molecule has 0 saturated heterocycles. The molecule has 4 nitrogen and oxygen atoms in total. The van der Waals surface area contributed by atoms with Crippen molar-refractivity contribution in [1.82, 2.24) is 10.2 Å². The second kappa shape index (κ2) is 11.2. The van der Waals surface area contributed by atoms with E-state index in [1.807, 2.05) is 42.5 Å². The van der Waals surface area contributed by atoms with Gasteiger partial charge in [-0.15, -0.1) is 11.6 Å². The predicted molar refractivity (Wildman–Crippen MR) is 125 cm³/mol. The number of amides is 2. The van der Waals surface area contributed by atoms with Crippen molar-refractivity contribution in [2.75, 3.05) is 5.88 Å². The van der Waals surface area contributed by atoms with Gasteiger partial charge in [-0.1, -0.05) is 77.1 Å². The van der Waals surface area contributed by atoms with Gasteiger partial charge in [-0.05, 0) is 42.2 Å². The van der Waals surface area contributed by atoms with Gasteiger partial charge in [0.15, 0.2) is 0 Å². The molecule has 1 aliphatic carbocycles. The van der Waals surface area contributed by atoms with E-state index in [2.05, 4.69) is 21.2 Å². The van der Waals surface area contributed by atoms with E-state index in [-0.39, 0.29) is 30.3 Å². The van der Waals surface area contributed by atoms with Crippen molar-refractivity contribution in [1.29, 1.82) is 0 Å². The summed E-state index contributed by atoms with van der Waals surface area (Å²) in [6.07, 6.45) is 5.34. The van der Waals surface area contributed by atoms with Gasteiger partial charge in [-0.2, -0.15) is 0 Å². The van der Waals surface area contributed by atoms with Crippen LogP contribution in [-0.4, -0.2) is 28.6 Å². The lowest BCUT2D eigenvalue weighted by Crippen LogP contribution is -2.47. The van der Waals surface area contributed by atoms with E-state index in [1.54, 1.807) is 6.07 Å². The Labute approximate surface area is 196 Å². The van der Waals surface area contributed by atoms with E-state index in [0.717, 1.165) is 41.3 Å². The normalized spacial score (nSPS) is 15.4. The monoisotopic (exact) mass is 510 g/mol. The molecule has 1 atom stereocenters. The van der Waals surface area contributed by atoms with E-state index in [0.29, 0.717) is 5.02 Å². The van der Waals surface area contributed by atoms with Gasteiger partial charge in [0.1, 0.15) is 11.9 Å². The van der Waals surface area contributed by atoms with Crippen LogP contribution < -0.4 is 5.32 Å². The summed E-state index contributed by atoms with van der Waals surface area (Å²) in [5.41, 5.74) is 1.49. The third-order valence-corrected chi connectivity index (χ3v) is 6.50. The Bertz CT molecular complexity index is 887. The number of alkyl halides is 1. The zero-order valence-corrected chi connectivity index (χ0v) is 19.7. The van der Waals surface area contributed by atoms with Crippen LogP contribution in [0.25, 0.3) is 0 Å². The van der Waals surface area contributed by atoms with Crippen LogP contribution in [0.15, 0.2) is 53.0 Å². The highest BCUT2D eigenvalue weighted by Crippen LogP contribution is 2.29. The first-order valence-corrected chi connectivity index (χ1v) is 11.8. The van der Waals surface area contributed by atoms with Crippen LogP contribution in [0.2, 0.25) is 5.02 Å². The minimum atomic E-state index is -0.799. The molecule has 0 spiro atoms. The third-order valence-electron chi connectivity index (χ3n) is 5.41.